The molecule has 2 aromatic heterocycles. The number of pyridine rings is 1. The Labute approximate surface area is 158 Å². The Morgan fingerprint density at radius 1 is 1.23 bits per heavy atom. The Morgan fingerprint density at radius 3 is 2.54 bits per heavy atom. The minimum atomic E-state index is -0.295. The van der Waals surface area contributed by atoms with Crippen LogP contribution in [0.3, 0.4) is 0 Å². The molecule has 0 saturated heterocycles. The molecule has 0 bridgehead atoms. The molecule has 0 radical (unpaired) electrons. The van der Waals surface area contributed by atoms with Crippen molar-refractivity contribution in [3.63, 3.8) is 0 Å². The molecule has 2 heterocycles. The highest BCUT2D eigenvalue weighted by Gasteiger charge is 2.18. The molecule has 0 amide bonds. The number of nitrogens with zero attached hydrogens (tertiary/aromatic N) is 3. The van der Waals surface area contributed by atoms with Gasteiger partial charge in [0.15, 0.2) is 5.65 Å². The van der Waals surface area contributed by atoms with Gasteiger partial charge in [-0.2, -0.15) is 0 Å². The van der Waals surface area contributed by atoms with Crippen LogP contribution in [0.5, 0.6) is 0 Å². The molecule has 136 valence electrons. The summed E-state index contributed by atoms with van der Waals surface area (Å²) in [6.07, 6.45) is 0.772. The lowest BCUT2D eigenvalue weighted by Gasteiger charge is -2.13. The number of aryl methyl sites for hydroxylation is 2. The van der Waals surface area contributed by atoms with Gasteiger partial charge in [0.1, 0.15) is 11.0 Å². The minimum Gasteiger partial charge on any atom is -0.466 e. The fourth-order valence-electron chi connectivity index (χ4n) is 3.10. The van der Waals surface area contributed by atoms with E-state index in [0.29, 0.717) is 17.4 Å². The van der Waals surface area contributed by atoms with Gasteiger partial charge < -0.3 is 4.74 Å². The fourth-order valence-corrected chi connectivity index (χ4v) is 3.34. The first-order valence-corrected chi connectivity index (χ1v) is 9.15. The van der Waals surface area contributed by atoms with E-state index in [4.69, 9.17) is 16.3 Å². The average Bonchev–Trinajstić information content (AvgIpc) is 3.00. The van der Waals surface area contributed by atoms with Crippen LogP contribution in [-0.2, 0) is 16.0 Å². The highest BCUT2D eigenvalue weighted by atomic mass is 35.5. The molecule has 0 saturated carbocycles. The van der Waals surface area contributed by atoms with Crippen LogP contribution in [0.4, 0.5) is 0 Å². The molecule has 1 aromatic carbocycles. The first kappa shape index (κ1) is 18.4. The predicted octanol–water partition coefficient (Wildman–Crippen LogP) is 4.61. The molecule has 5 nitrogen and oxygen atoms in total. The topological polar surface area (TPSA) is 57.0 Å². The number of rotatable bonds is 5. The van der Waals surface area contributed by atoms with Crippen molar-refractivity contribution in [2.45, 2.75) is 40.0 Å². The lowest BCUT2D eigenvalue weighted by atomic mass is 10.0. The summed E-state index contributed by atoms with van der Waals surface area (Å²) in [5, 5.41) is 0.445. The van der Waals surface area contributed by atoms with E-state index in [0.717, 1.165) is 34.6 Å². The van der Waals surface area contributed by atoms with Gasteiger partial charge in [0.05, 0.1) is 18.0 Å². The molecule has 3 aromatic rings. The van der Waals surface area contributed by atoms with Gasteiger partial charge in [-0.15, -0.1) is 0 Å². The normalized spacial score (nSPS) is 12.3. The van der Waals surface area contributed by atoms with Crippen molar-refractivity contribution < 1.29 is 9.53 Å². The van der Waals surface area contributed by atoms with Gasteiger partial charge in [0.2, 0.25) is 0 Å². The van der Waals surface area contributed by atoms with E-state index < -0.39 is 0 Å². The summed E-state index contributed by atoms with van der Waals surface area (Å²) in [6, 6.07) is 9.76. The van der Waals surface area contributed by atoms with Crippen molar-refractivity contribution in [2.75, 3.05) is 6.61 Å². The number of ether oxygens (including phenoxy) is 1. The summed E-state index contributed by atoms with van der Waals surface area (Å²) in [7, 11) is 0. The molecule has 1 unspecified atom stereocenters. The van der Waals surface area contributed by atoms with Crippen LogP contribution in [0.1, 0.15) is 43.6 Å². The SMILES string of the molecule is CCOC(=O)C(C)c1ccc(-n2c(CC)nc3nc(Cl)cc(C)c32)cc1. The number of halogens is 1. The Hall–Kier alpha value is -2.40. The number of carbonyl (C=O) groups excluding carboxylic acids is 1. The first-order valence-electron chi connectivity index (χ1n) is 8.77. The standard InChI is InChI=1S/C20H22ClN3O2/c1-5-17-23-19-18(12(3)11-16(21)22-19)24(17)15-9-7-14(8-10-15)13(4)20(25)26-6-2/h7-11,13H,5-6H2,1-4H3. The maximum atomic E-state index is 12.0. The second-order valence-electron chi connectivity index (χ2n) is 6.22. The van der Waals surface area contributed by atoms with Gasteiger partial charge in [0, 0.05) is 12.1 Å². The third-order valence-electron chi connectivity index (χ3n) is 4.46. The fraction of sp³-hybridized carbons (Fsp3) is 0.350. The van der Waals surface area contributed by atoms with E-state index in [2.05, 4.69) is 21.5 Å². The van der Waals surface area contributed by atoms with E-state index in [1.165, 1.54) is 0 Å². The third kappa shape index (κ3) is 3.31. The van der Waals surface area contributed by atoms with Gasteiger partial charge in [0.25, 0.3) is 0 Å². The van der Waals surface area contributed by atoms with Crippen LogP contribution < -0.4 is 0 Å². The second-order valence-corrected chi connectivity index (χ2v) is 6.60. The van der Waals surface area contributed by atoms with Crippen LogP contribution in [0, 0.1) is 6.92 Å². The van der Waals surface area contributed by atoms with E-state index in [1.54, 1.807) is 0 Å². The molecular formula is C20H22ClN3O2. The van der Waals surface area contributed by atoms with Gasteiger partial charge in [-0.3, -0.25) is 9.36 Å². The van der Waals surface area contributed by atoms with Gasteiger partial charge in [-0.1, -0.05) is 30.7 Å². The quantitative estimate of drug-likeness (QED) is 0.485. The lowest BCUT2D eigenvalue weighted by Crippen LogP contribution is -2.13. The van der Waals surface area contributed by atoms with Gasteiger partial charge in [-0.25, -0.2) is 9.97 Å². The zero-order chi connectivity index (χ0) is 18.8. The number of hydrogen-bond donors (Lipinski definition) is 0. The maximum absolute atomic E-state index is 12.0. The molecule has 3 rings (SSSR count). The molecule has 0 spiro atoms. The summed E-state index contributed by atoms with van der Waals surface area (Å²) in [6.45, 7) is 8.12. The Kier molecular flexibility index (Phi) is 5.28. The Bertz CT molecular complexity index is 948. The highest BCUT2D eigenvalue weighted by Crippen LogP contribution is 2.27. The van der Waals surface area contributed by atoms with Gasteiger partial charge in [-0.05, 0) is 50.1 Å². The van der Waals surface area contributed by atoms with Gasteiger partial charge >= 0.3 is 5.97 Å². The molecule has 0 N–H and O–H groups in total. The zero-order valence-corrected chi connectivity index (χ0v) is 16.2. The molecular weight excluding hydrogens is 350 g/mol. The molecule has 0 aliphatic carbocycles. The third-order valence-corrected chi connectivity index (χ3v) is 4.65. The maximum Gasteiger partial charge on any atom is 0.313 e. The molecule has 26 heavy (non-hydrogen) atoms. The van der Waals surface area contributed by atoms with Crippen molar-refractivity contribution >= 4 is 28.7 Å². The number of hydrogen-bond acceptors (Lipinski definition) is 4. The number of aromatic nitrogens is 3. The second kappa shape index (κ2) is 7.46. The molecule has 0 fully saturated rings. The number of fused-ring (bicyclic) bond motifs is 1. The van der Waals surface area contributed by atoms with E-state index >= 15 is 0 Å². The lowest BCUT2D eigenvalue weighted by molar-refractivity contribution is -0.144. The van der Waals surface area contributed by atoms with Crippen LogP contribution in [0.15, 0.2) is 30.3 Å². The van der Waals surface area contributed by atoms with Crippen molar-refractivity contribution in [3.8, 4) is 5.69 Å². The molecule has 1 atom stereocenters. The van der Waals surface area contributed by atoms with Crippen LogP contribution in [-0.4, -0.2) is 27.1 Å². The average molecular weight is 372 g/mol. The number of imidazole rings is 1. The van der Waals surface area contributed by atoms with E-state index in [-0.39, 0.29) is 11.9 Å². The Balaban J connectivity index is 2.06. The zero-order valence-electron chi connectivity index (χ0n) is 15.4. The summed E-state index contributed by atoms with van der Waals surface area (Å²) in [5.41, 5.74) is 4.54. The van der Waals surface area contributed by atoms with Crippen LogP contribution in [0.2, 0.25) is 5.15 Å². The highest BCUT2D eigenvalue weighted by molar-refractivity contribution is 6.29. The summed E-state index contributed by atoms with van der Waals surface area (Å²) >= 11 is 6.08. The number of carbonyl (C=O) groups is 1. The van der Waals surface area contributed by atoms with Crippen molar-refractivity contribution in [3.05, 3.63) is 52.4 Å². The van der Waals surface area contributed by atoms with Crippen LogP contribution in [0.25, 0.3) is 16.9 Å². The summed E-state index contributed by atoms with van der Waals surface area (Å²) in [5.74, 6) is 0.415. The van der Waals surface area contributed by atoms with Crippen molar-refractivity contribution in [2.24, 2.45) is 0 Å². The molecule has 0 aliphatic heterocycles. The summed E-state index contributed by atoms with van der Waals surface area (Å²) in [4.78, 5) is 20.9. The monoisotopic (exact) mass is 371 g/mol. The van der Waals surface area contributed by atoms with Crippen molar-refractivity contribution in [1.29, 1.82) is 0 Å². The Morgan fingerprint density at radius 2 is 1.92 bits per heavy atom. The largest absolute Gasteiger partial charge is 0.466 e. The van der Waals surface area contributed by atoms with E-state index in [9.17, 15) is 4.79 Å². The number of benzene rings is 1. The number of esters is 1. The van der Waals surface area contributed by atoms with Crippen molar-refractivity contribution in [1.82, 2.24) is 14.5 Å². The summed E-state index contributed by atoms with van der Waals surface area (Å²) < 4.78 is 7.21. The van der Waals surface area contributed by atoms with E-state index in [1.807, 2.05) is 51.1 Å². The molecule has 0 aliphatic rings. The minimum absolute atomic E-state index is 0.211. The molecule has 6 heteroatoms. The van der Waals surface area contributed by atoms with Crippen LogP contribution >= 0.6 is 11.6 Å². The predicted molar refractivity (Wildman–Crippen MR) is 103 cm³/mol. The first-order chi connectivity index (χ1) is 12.5. The smallest absolute Gasteiger partial charge is 0.313 e.